The fourth-order valence-electron chi connectivity index (χ4n) is 3.97. The second kappa shape index (κ2) is 7.95. The number of rotatable bonds is 1. The number of fused-ring (bicyclic) bond motifs is 2. The summed E-state index contributed by atoms with van der Waals surface area (Å²) < 4.78 is 6.21. The third-order valence-electron chi connectivity index (χ3n) is 5.50. The van der Waals surface area contributed by atoms with Crippen LogP contribution in [-0.2, 0) is 0 Å². The predicted octanol–water partition coefficient (Wildman–Crippen LogP) is 5.09. The second-order valence-electron chi connectivity index (χ2n) is 7.61. The fourth-order valence-corrected chi connectivity index (χ4v) is 4.66. The van der Waals surface area contributed by atoms with Crippen LogP contribution in [-0.4, -0.2) is 47.7 Å². The summed E-state index contributed by atoms with van der Waals surface area (Å²) in [5.41, 5.74) is 3.00. The molecule has 2 aliphatic rings. The zero-order valence-electron chi connectivity index (χ0n) is 16.9. The number of para-hydroxylation sites is 2. The molecular weight excluding hydrogens is 394 g/mol. The first-order chi connectivity index (χ1) is 14.7. The number of aryl methyl sites for hydroxylation is 1. The molecule has 0 unspecified atom stereocenters. The molecule has 1 amide bonds. The smallest absolute Gasteiger partial charge is 0.263 e. The van der Waals surface area contributed by atoms with Crippen LogP contribution >= 0.6 is 11.3 Å². The molecule has 1 aromatic heterocycles. The molecule has 5 rings (SSSR count). The molecular formula is C24H23N3O2S. The summed E-state index contributed by atoms with van der Waals surface area (Å²) in [4.78, 5) is 22.9. The Morgan fingerprint density at radius 1 is 1.00 bits per heavy atom. The van der Waals surface area contributed by atoms with E-state index in [-0.39, 0.29) is 5.91 Å². The number of hydrogen-bond donors (Lipinski definition) is 0. The fraction of sp³-hybridized carbons (Fsp3) is 0.250. The van der Waals surface area contributed by atoms with Gasteiger partial charge in [-0.3, -0.25) is 4.79 Å². The molecule has 0 saturated carbocycles. The van der Waals surface area contributed by atoms with Gasteiger partial charge in [-0.15, -0.1) is 11.3 Å². The summed E-state index contributed by atoms with van der Waals surface area (Å²) in [6, 6.07) is 17.9. The van der Waals surface area contributed by atoms with Gasteiger partial charge in [0.15, 0.2) is 5.75 Å². The number of nitrogens with zero attached hydrogens (tertiary/aromatic N) is 3. The van der Waals surface area contributed by atoms with E-state index in [1.807, 2.05) is 52.7 Å². The summed E-state index contributed by atoms with van der Waals surface area (Å²) in [6.45, 7) is 5.11. The van der Waals surface area contributed by atoms with Gasteiger partial charge >= 0.3 is 0 Å². The van der Waals surface area contributed by atoms with E-state index in [1.54, 1.807) is 0 Å². The number of aliphatic imine (C=N–C) groups is 1. The molecule has 3 heterocycles. The molecule has 3 aromatic rings. The normalized spacial score (nSPS) is 16.0. The van der Waals surface area contributed by atoms with Gasteiger partial charge in [-0.25, -0.2) is 4.99 Å². The van der Waals surface area contributed by atoms with E-state index in [0.29, 0.717) is 6.54 Å². The lowest BCUT2D eigenvalue weighted by Crippen LogP contribution is -2.37. The van der Waals surface area contributed by atoms with Gasteiger partial charge in [-0.05, 0) is 49.1 Å². The molecule has 1 saturated heterocycles. The topological polar surface area (TPSA) is 45.1 Å². The van der Waals surface area contributed by atoms with Crippen molar-refractivity contribution >= 4 is 28.8 Å². The first-order valence-corrected chi connectivity index (χ1v) is 11.1. The average molecular weight is 418 g/mol. The Morgan fingerprint density at radius 3 is 2.77 bits per heavy atom. The number of amidine groups is 1. The Kier molecular flexibility index (Phi) is 5.01. The van der Waals surface area contributed by atoms with Crippen LogP contribution in [0.25, 0.3) is 0 Å². The SMILES string of the molecule is Cc1ccc2c(c1)C(N1CCCN(C(=O)c3cccs3)CC1)=Nc1ccccc1O2. The first-order valence-electron chi connectivity index (χ1n) is 10.2. The standard InChI is InChI=1S/C24H23N3O2S/c1-17-9-10-20-18(16-17)23(25-19-6-2-3-7-21(19)29-20)26-11-5-12-27(14-13-26)24(28)22-8-4-15-30-22/h2-4,6-10,15-16H,5,11-14H2,1H3. The molecule has 152 valence electrons. The number of hydrogen-bond acceptors (Lipinski definition) is 5. The van der Waals surface area contributed by atoms with Gasteiger partial charge in [0.25, 0.3) is 5.91 Å². The van der Waals surface area contributed by atoms with Crippen molar-refractivity contribution in [2.45, 2.75) is 13.3 Å². The molecule has 0 bridgehead atoms. The highest BCUT2D eigenvalue weighted by molar-refractivity contribution is 7.12. The summed E-state index contributed by atoms with van der Waals surface area (Å²) in [5, 5.41) is 1.95. The zero-order chi connectivity index (χ0) is 20.5. The van der Waals surface area contributed by atoms with Crippen molar-refractivity contribution in [2.24, 2.45) is 4.99 Å². The van der Waals surface area contributed by atoms with E-state index in [2.05, 4.69) is 24.0 Å². The molecule has 0 atom stereocenters. The molecule has 0 radical (unpaired) electrons. The van der Waals surface area contributed by atoms with Gasteiger partial charge in [-0.2, -0.15) is 0 Å². The molecule has 0 aliphatic carbocycles. The molecule has 5 nitrogen and oxygen atoms in total. The highest BCUT2D eigenvalue weighted by atomic mass is 32.1. The van der Waals surface area contributed by atoms with Crippen molar-refractivity contribution in [1.82, 2.24) is 9.80 Å². The maximum atomic E-state index is 12.8. The molecule has 0 spiro atoms. The largest absolute Gasteiger partial charge is 0.454 e. The number of benzene rings is 2. The van der Waals surface area contributed by atoms with E-state index >= 15 is 0 Å². The molecule has 0 N–H and O–H groups in total. The quantitative estimate of drug-likeness (QED) is 0.554. The zero-order valence-corrected chi connectivity index (χ0v) is 17.7. The van der Waals surface area contributed by atoms with E-state index in [9.17, 15) is 4.79 Å². The van der Waals surface area contributed by atoms with Gasteiger partial charge < -0.3 is 14.5 Å². The summed E-state index contributed by atoms with van der Waals surface area (Å²) in [7, 11) is 0. The Hall–Kier alpha value is -3.12. The van der Waals surface area contributed by atoms with Crippen molar-refractivity contribution in [2.75, 3.05) is 26.2 Å². The number of carbonyl (C=O) groups is 1. The van der Waals surface area contributed by atoms with Crippen LogP contribution in [0.2, 0.25) is 0 Å². The van der Waals surface area contributed by atoms with Crippen LogP contribution in [0, 0.1) is 6.92 Å². The third-order valence-corrected chi connectivity index (χ3v) is 6.36. The third kappa shape index (κ3) is 3.59. The van der Waals surface area contributed by atoms with Gasteiger partial charge in [0.1, 0.15) is 17.3 Å². The minimum atomic E-state index is 0.125. The highest BCUT2D eigenvalue weighted by Crippen LogP contribution is 2.38. The van der Waals surface area contributed by atoms with Crippen LogP contribution < -0.4 is 4.74 Å². The van der Waals surface area contributed by atoms with Gasteiger partial charge in [0.05, 0.1) is 10.4 Å². The second-order valence-corrected chi connectivity index (χ2v) is 8.56. The van der Waals surface area contributed by atoms with Crippen LogP contribution in [0.15, 0.2) is 65.0 Å². The maximum absolute atomic E-state index is 12.8. The van der Waals surface area contributed by atoms with Crippen molar-refractivity contribution in [1.29, 1.82) is 0 Å². The lowest BCUT2D eigenvalue weighted by Gasteiger charge is -2.25. The average Bonchev–Trinajstić information content (AvgIpc) is 3.11. The molecule has 2 aliphatic heterocycles. The van der Waals surface area contributed by atoms with E-state index in [1.165, 1.54) is 16.9 Å². The summed E-state index contributed by atoms with van der Waals surface area (Å²) in [5.74, 6) is 2.63. The summed E-state index contributed by atoms with van der Waals surface area (Å²) in [6.07, 6.45) is 0.903. The van der Waals surface area contributed by atoms with E-state index < -0.39 is 0 Å². The van der Waals surface area contributed by atoms with Crippen molar-refractivity contribution in [3.05, 3.63) is 76.0 Å². The molecule has 6 heteroatoms. The van der Waals surface area contributed by atoms with E-state index in [0.717, 1.165) is 59.5 Å². The number of thiophene rings is 1. The molecule has 1 fully saturated rings. The van der Waals surface area contributed by atoms with Crippen LogP contribution in [0.3, 0.4) is 0 Å². The predicted molar refractivity (Wildman–Crippen MR) is 120 cm³/mol. The van der Waals surface area contributed by atoms with Gasteiger partial charge in [-0.1, -0.05) is 29.8 Å². The minimum absolute atomic E-state index is 0.125. The molecule has 30 heavy (non-hydrogen) atoms. The minimum Gasteiger partial charge on any atom is -0.454 e. The van der Waals surface area contributed by atoms with Crippen molar-refractivity contribution < 1.29 is 9.53 Å². The number of ether oxygens (including phenoxy) is 1. The van der Waals surface area contributed by atoms with E-state index in [4.69, 9.17) is 9.73 Å². The Labute approximate surface area is 180 Å². The lowest BCUT2D eigenvalue weighted by atomic mass is 10.1. The van der Waals surface area contributed by atoms with Gasteiger partial charge in [0.2, 0.25) is 0 Å². The Balaban J connectivity index is 1.47. The van der Waals surface area contributed by atoms with Gasteiger partial charge in [0, 0.05) is 26.2 Å². The maximum Gasteiger partial charge on any atom is 0.263 e. The van der Waals surface area contributed by atoms with Crippen LogP contribution in [0.1, 0.15) is 27.2 Å². The van der Waals surface area contributed by atoms with Crippen LogP contribution in [0.4, 0.5) is 5.69 Å². The lowest BCUT2D eigenvalue weighted by molar-refractivity contribution is 0.0769. The van der Waals surface area contributed by atoms with Crippen molar-refractivity contribution in [3.63, 3.8) is 0 Å². The Bertz CT molecular complexity index is 1110. The monoisotopic (exact) mass is 417 g/mol. The highest BCUT2D eigenvalue weighted by Gasteiger charge is 2.26. The summed E-state index contributed by atoms with van der Waals surface area (Å²) >= 11 is 1.50. The first kappa shape index (κ1) is 18.9. The number of amides is 1. The van der Waals surface area contributed by atoms with Crippen LogP contribution in [0.5, 0.6) is 11.5 Å². The Morgan fingerprint density at radius 2 is 1.90 bits per heavy atom. The molecule has 2 aromatic carbocycles. The van der Waals surface area contributed by atoms with Crippen molar-refractivity contribution in [3.8, 4) is 11.5 Å². The number of carbonyl (C=O) groups excluding carboxylic acids is 1.